The Labute approximate surface area is 243 Å². The number of hydrogen-bond donors (Lipinski definition) is 1. The Hall–Kier alpha value is -3.04. The Kier molecular flexibility index (Phi) is 7.66. The Balaban J connectivity index is 1.47. The molecule has 202 valence electrons. The first-order chi connectivity index (χ1) is 18.7. The topological polar surface area (TPSA) is 29.3 Å². The second-order valence-electron chi connectivity index (χ2n) is 12.2. The number of anilines is 1. The third kappa shape index (κ3) is 5.02. The van der Waals surface area contributed by atoms with E-state index in [1.807, 2.05) is 4.99 Å². The Bertz CT molecular complexity index is 1440. The molecule has 2 aromatic rings. The number of benzene rings is 2. The molecule has 2 aromatic carbocycles. The molecule has 0 bridgehead atoms. The Morgan fingerprint density at radius 3 is 2.38 bits per heavy atom. The van der Waals surface area contributed by atoms with Gasteiger partial charge < -0.3 is 10.6 Å². The zero-order chi connectivity index (χ0) is 27.8. The molecule has 0 saturated carbocycles. The zero-order valence-electron chi connectivity index (χ0n) is 24.0. The molecule has 2 aliphatic carbocycles. The summed E-state index contributed by atoms with van der Waals surface area (Å²) in [6.45, 7) is 11.6. The van der Waals surface area contributed by atoms with Gasteiger partial charge in [0, 0.05) is 34.1 Å². The number of allylic oxidation sites excluding steroid dienone is 9. The van der Waals surface area contributed by atoms with Crippen molar-refractivity contribution in [2.75, 3.05) is 4.90 Å². The van der Waals surface area contributed by atoms with E-state index in [4.69, 9.17) is 5.73 Å². The van der Waals surface area contributed by atoms with E-state index in [0.717, 1.165) is 31.4 Å². The van der Waals surface area contributed by atoms with Crippen LogP contribution < -0.4 is 10.6 Å². The monoisotopic (exact) mass is 580 g/mol. The summed E-state index contributed by atoms with van der Waals surface area (Å²) >= 11 is 3.49. The lowest BCUT2D eigenvalue weighted by Crippen LogP contribution is -2.22. The van der Waals surface area contributed by atoms with Crippen molar-refractivity contribution in [1.29, 1.82) is 0 Å². The average molecular weight is 582 g/mol. The van der Waals surface area contributed by atoms with E-state index < -0.39 is 0 Å². The Morgan fingerprint density at radius 2 is 1.62 bits per heavy atom. The summed E-state index contributed by atoms with van der Waals surface area (Å²) in [5, 5.41) is 0. The third-order valence-electron chi connectivity index (χ3n) is 9.01. The average Bonchev–Trinajstić information content (AvgIpc) is 3.08. The standard InChI is InChI=1S/C36H41BrN2/c1-25-17-20-28(35(2,3)30-14-7-6-13-29(25)30)21-18-26-11-10-12-27(34(26)38)19-22-33-36(4,5)31-15-8-9-16-32(31)39(33)24-23-37/h6-9,13-16,18-25H,10-12,17,38H2,1-5H3/b21-18+,24-23+,27-19+,33-22+. The van der Waals surface area contributed by atoms with E-state index in [9.17, 15) is 0 Å². The van der Waals surface area contributed by atoms with Crippen molar-refractivity contribution < 1.29 is 0 Å². The molecular weight excluding hydrogens is 540 g/mol. The van der Waals surface area contributed by atoms with Gasteiger partial charge >= 0.3 is 0 Å². The highest BCUT2D eigenvalue weighted by Gasteiger charge is 2.38. The molecule has 2 nitrogen and oxygen atoms in total. The molecule has 1 aliphatic heterocycles. The number of nitrogens with zero attached hydrogens (tertiary/aromatic N) is 1. The molecule has 0 amide bonds. The van der Waals surface area contributed by atoms with Gasteiger partial charge in [0.2, 0.25) is 0 Å². The highest BCUT2D eigenvalue weighted by Crippen LogP contribution is 2.48. The molecule has 5 rings (SSSR count). The largest absolute Gasteiger partial charge is 0.398 e. The van der Waals surface area contributed by atoms with Crippen LogP contribution in [0.1, 0.15) is 82.9 Å². The summed E-state index contributed by atoms with van der Waals surface area (Å²) in [7, 11) is 0. The summed E-state index contributed by atoms with van der Waals surface area (Å²) in [5.74, 6) is 0.526. The second-order valence-corrected chi connectivity index (χ2v) is 12.7. The summed E-state index contributed by atoms with van der Waals surface area (Å²) in [6, 6.07) is 17.6. The number of fused-ring (bicyclic) bond motifs is 2. The molecule has 1 atom stereocenters. The molecule has 0 saturated heterocycles. The van der Waals surface area contributed by atoms with E-state index in [0.29, 0.717) is 5.92 Å². The maximum Gasteiger partial charge on any atom is 0.0494 e. The van der Waals surface area contributed by atoms with Crippen LogP contribution in [0.2, 0.25) is 0 Å². The molecule has 3 aliphatic rings. The van der Waals surface area contributed by atoms with Gasteiger partial charge in [0.1, 0.15) is 0 Å². The lowest BCUT2D eigenvalue weighted by molar-refractivity contribution is 0.633. The summed E-state index contributed by atoms with van der Waals surface area (Å²) in [5.41, 5.74) is 18.2. The lowest BCUT2D eigenvalue weighted by Gasteiger charge is -2.29. The van der Waals surface area contributed by atoms with Gasteiger partial charge in [0.15, 0.2) is 0 Å². The molecule has 1 unspecified atom stereocenters. The summed E-state index contributed by atoms with van der Waals surface area (Å²) in [6.07, 6.45) is 17.9. The zero-order valence-corrected chi connectivity index (χ0v) is 25.6. The van der Waals surface area contributed by atoms with E-state index >= 15 is 0 Å². The van der Waals surface area contributed by atoms with Gasteiger partial charge in [-0.05, 0) is 82.1 Å². The van der Waals surface area contributed by atoms with Crippen LogP contribution in [0.5, 0.6) is 0 Å². The number of halogens is 1. The molecule has 0 radical (unpaired) electrons. The Morgan fingerprint density at radius 1 is 0.897 bits per heavy atom. The van der Waals surface area contributed by atoms with E-state index in [-0.39, 0.29) is 10.8 Å². The van der Waals surface area contributed by atoms with Crippen molar-refractivity contribution >= 4 is 21.6 Å². The summed E-state index contributed by atoms with van der Waals surface area (Å²) < 4.78 is 0. The van der Waals surface area contributed by atoms with Crippen LogP contribution in [-0.4, -0.2) is 0 Å². The normalized spacial score (nSPS) is 24.4. The van der Waals surface area contributed by atoms with E-state index in [1.165, 1.54) is 44.8 Å². The molecule has 0 fully saturated rings. The molecule has 3 heteroatoms. The van der Waals surface area contributed by atoms with Crippen molar-refractivity contribution in [1.82, 2.24) is 0 Å². The van der Waals surface area contributed by atoms with Crippen molar-refractivity contribution in [3.63, 3.8) is 0 Å². The van der Waals surface area contributed by atoms with Crippen LogP contribution in [0.15, 0.2) is 118 Å². The fourth-order valence-electron chi connectivity index (χ4n) is 6.56. The van der Waals surface area contributed by atoms with Gasteiger partial charge in [-0.15, -0.1) is 0 Å². The maximum atomic E-state index is 6.84. The first-order valence-corrected chi connectivity index (χ1v) is 15.1. The van der Waals surface area contributed by atoms with Crippen molar-refractivity contribution in [2.45, 2.75) is 77.0 Å². The summed E-state index contributed by atoms with van der Waals surface area (Å²) in [4.78, 5) is 4.21. The predicted octanol–water partition coefficient (Wildman–Crippen LogP) is 9.82. The highest BCUT2D eigenvalue weighted by atomic mass is 79.9. The van der Waals surface area contributed by atoms with Crippen LogP contribution in [-0.2, 0) is 10.8 Å². The fourth-order valence-corrected chi connectivity index (χ4v) is 6.80. The van der Waals surface area contributed by atoms with Crippen molar-refractivity contribution in [3.05, 3.63) is 135 Å². The number of hydrogen-bond acceptors (Lipinski definition) is 2. The minimum Gasteiger partial charge on any atom is -0.398 e. The van der Waals surface area contributed by atoms with Crippen molar-refractivity contribution in [2.24, 2.45) is 5.73 Å². The van der Waals surface area contributed by atoms with Gasteiger partial charge in [-0.25, -0.2) is 0 Å². The smallest absolute Gasteiger partial charge is 0.0494 e. The highest BCUT2D eigenvalue weighted by molar-refractivity contribution is 9.11. The molecule has 39 heavy (non-hydrogen) atoms. The molecule has 0 spiro atoms. The van der Waals surface area contributed by atoms with Crippen molar-refractivity contribution in [3.8, 4) is 0 Å². The number of nitrogens with two attached hydrogens (primary N) is 1. The molecule has 1 heterocycles. The maximum absolute atomic E-state index is 6.84. The fraction of sp³-hybridized carbons (Fsp3) is 0.333. The van der Waals surface area contributed by atoms with E-state index in [2.05, 4.69) is 141 Å². The molecule has 0 aromatic heterocycles. The van der Waals surface area contributed by atoms with Crippen LogP contribution in [0, 0.1) is 0 Å². The minimum atomic E-state index is -0.0962. The van der Waals surface area contributed by atoms with Crippen LogP contribution in [0.3, 0.4) is 0 Å². The van der Waals surface area contributed by atoms with Gasteiger partial charge in [-0.2, -0.15) is 0 Å². The van der Waals surface area contributed by atoms with Gasteiger partial charge in [0.05, 0.1) is 0 Å². The number of para-hydroxylation sites is 1. The van der Waals surface area contributed by atoms with Crippen LogP contribution in [0.4, 0.5) is 5.69 Å². The SMILES string of the molecule is CC1CC=C(/C=C/C2=C(N)C(=C/C=C3/N(/C=C/Br)c4ccccc4C3(C)C)/CCC2)C(C)(C)c2ccccc21. The quantitative estimate of drug-likeness (QED) is 0.389. The first-order valence-electron chi connectivity index (χ1n) is 14.2. The lowest BCUT2D eigenvalue weighted by atomic mass is 9.75. The minimum absolute atomic E-state index is 0.0413. The molecule has 2 N–H and O–H groups in total. The predicted molar refractivity (Wildman–Crippen MR) is 171 cm³/mol. The number of rotatable bonds is 4. The van der Waals surface area contributed by atoms with E-state index in [1.54, 1.807) is 0 Å². The van der Waals surface area contributed by atoms with Gasteiger partial charge in [-0.3, -0.25) is 0 Å². The van der Waals surface area contributed by atoms with Gasteiger partial charge in [-0.1, -0.05) is 117 Å². The first kappa shape index (κ1) is 27.5. The molecular formula is C36H41BrN2. The van der Waals surface area contributed by atoms with Gasteiger partial charge in [0.25, 0.3) is 0 Å². The van der Waals surface area contributed by atoms with Crippen LogP contribution >= 0.6 is 15.9 Å². The van der Waals surface area contributed by atoms with Crippen LogP contribution in [0.25, 0.3) is 0 Å². The third-order valence-corrected chi connectivity index (χ3v) is 9.25. The second kappa shape index (κ2) is 10.8.